The van der Waals surface area contributed by atoms with E-state index in [0.29, 0.717) is 0 Å². The number of rotatable bonds is 4. The topological polar surface area (TPSA) is 37.3 Å². The molecule has 0 aliphatic rings. The fourth-order valence-corrected chi connectivity index (χ4v) is 2.73. The molecule has 2 aromatic rings. The highest BCUT2D eigenvalue weighted by Gasteiger charge is 2.31. The molecule has 6 heteroatoms. The minimum atomic E-state index is -4.51. The van der Waals surface area contributed by atoms with Crippen LogP contribution in [0.5, 0.6) is 0 Å². The standard InChI is InChI=1S/C17H12F3IO2/c18-17(19,20)13-8-4-7-12(10-13)15(16(21)23)14(22)9-11-5-2-1-3-6-11/h1-8,10,23H,9H2. The van der Waals surface area contributed by atoms with Gasteiger partial charge in [-0.3, -0.25) is 4.79 Å². The zero-order chi connectivity index (χ0) is 17.0. The van der Waals surface area contributed by atoms with E-state index in [9.17, 15) is 23.1 Å². The summed E-state index contributed by atoms with van der Waals surface area (Å²) in [6.07, 6.45) is -4.51. The van der Waals surface area contributed by atoms with Crippen molar-refractivity contribution in [3.05, 3.63) is 75.1 Å². The number of carbonyl (C=O) groups is 1. The quantitative estimate of drug-likeness (QED) is 0.411. The van der Waals surface area contributed by atoms with E-state index in [1.807, 2.05) is 0 Å². The van der Waals surface area contributed by atoms with Crippen LogP contribution in [-0.4, -0.2) is 10.9 Å². The highest BCUT2D eigenvalue weighted by molar-refractivity contribution is 14.1. The summed E-state index contributed by atoms with van der Waals surface area (Å²) in [4.78, 5) is 12.4. The van der Waals surface area contributed by atoms with Gasteiger partial charge in [-0.25, -0.2) is 0 Å². The number of hydrogen-bond donors (Lipinski definition) is 1. The van der Waals surface area contributed by atoms with Crippen LogP contribution >= 0.6 is 22.6 Å². The summed E-state index contributed by atoms with van der Waals surface area (Å²) < 4.78 is 38.1. The van der Waals surface area contributed by atoms with Crippen LogP contribution in [0, 0.1) is 0 Å². The van der Waals surface area contributed by atoms with Crippen molar-refractivity contribution >= 4 is 33.9 Å². The van der Waals surface area contributed by atoms with Gasteiger partial charge in [0.2, 0.25) is 0 Å². The number of allylic oxidation sites excluding steroid dienone is 1. The third kappa shape index (κ3) is 4.57. The number of ketones is 1. The van der Waals surface area contributed by atoms with Crippen LogP contribution in [-0.2, 0) is 17.4 Å². The van der Waals surface area contributed by atoms with Gasteiger partial charge in [0.05, 0.1) is 11.1 Å². The van der Waals surface area contributed by atoms with Crippen molar-refractivity contribution in [1.29, 1.82) is 0 Å². The van der Waals surface area contributed by atoms with Crippen molar-refractivity contribution in [3.63, 3.8) is 0 Å². The Balaban J connectivity index is 2.37. The van der Waals surface area contributed by atoms with Crippen molar-refractivity contribution in [1.82, 2.24) is 0 Å². The molecule has 0 saturated carbocycles. The van der Waals surface area contributed by atoms with Crippen LogP contribution in [0.1, 0.15) is 16.7 Å². The Hall–Kier alpha value is -1.83. The third-order valence-corrected chi connectivity index (χ3v) is 3.71. The van der Waals surface area contributed by atoms with Crippen LogP contribution in [0.25, 0.3) is 5.57 Å². The lowest BCUT2D eigenvalue weighted by Gasteiger charge is -2.11. The van der Waals surface area contributed by atoms with Gasteiger partial charge < -0.3 is 5.11 Å². The van der Waals surface area contributed by atoms with Gasteiger partial charge in [0.1, 0.15) is 0 Å². The summed E-state index contributed by atoms with van der Waals surface area (Å²) in [6, 6.07) is 13.2. The SMILES string of the molecule is O=C(Cc1ccccc1)C(=C(O)I)c1cccc(C(F)(F)F)c1. The van der Waals surface area contributed by atoms with Crippen LogP contribution in [0.2, 0.25) is 0 Å². The molecular weight excluding hydrogens is 420 g/mol. The molecule has 0 fully saturated rings. The van der Waals surface area contributed by atoms with Crippen molar-refractivity contribution in [2.75, 3.05) is 0 Å². The highest BCUT2D eigenvalue weighted by atomic mass is 127. The number of benzene rings is 2. The Morgan fingerprint density at radius 1 is 1.04 bits per heavy atom. The van der Waals surface area contributed by atoms with Gasteiger partial charge in [-0.1, -0.05) is 42.5 Å². The van der Waals surface area contributed by atoms with Gasteiger partial charge in [-0.05, 0) is 45.9 Å². The summed E-state index contributed by atoms with van der Waals surface area (Å²) in [6.45, 7) is 0. The molecule has 0 atom stereocenters. The van der Waals surface area contributed by atoms with E-state index in [0.717, 1.165) is 17.7 Å². The number of Topliss-reactive ketones (excluding diaryl/α,β-unsaturated/α-hetero) is 1. The van der Waals surface area contributed by atoms with E-state index in [1.165, 1.54) is 34.7 Å². The molecule has 1 N–H and O–H groups in total. The largest absolute Gasteiger partial charge is 0.502 e. The zero-order valence-corrected chi connectivity index (χ0v) is 13.9. The molecule has 0 aliphatic carbocycles. The van der Waals surface area contributed by atoms with Crippen LogP contribution < -0.4 is 0 Å². The maximum absolute atomic E-state index is 12.8. The van der Waals surface area contributed by atoms with E-state index in [1.54, 1.807) is 30.3 Å². The number of aliphatic hydroxyl groups excluding tert-OH is 1. The van der Waals surface area contributed by atoms with E-state index >= 15 is 0 Å². The molecular formula is C17H12F3IO2. The molecule has 0 aromatic heterocycles. The molecule has 0 radical (unpaired) electrons. The first-order chi connectivity index (χ1) is 10.8. The molecule has 0 aliphatic heterocycles. The Bertz CT molecular complexity index is 733. The van der Waals surface area contributed by atoms with Gasteiger partial charge in [-0.15, -0.1) is 0 Å². The maximum Gasteiger partial charge on any atom is 0.416 e. The summed E-state index contributed by atoms with van der Waals surface area (Å²) >= 11 is 1.53. The average Bonchev–Trinajstić information content (AvgIpc) is 2.47. The molecule has 0 amide bonds. The average molecular weight is 432 g/mol. The Labute approximate surface area is 144 Å². The smallest absolute Gasteiger partial charge is 0.416 e. The molecule has 2 nitrogen and oxygen atoms in total. The number of halogens is 4. The van der Waals surface area contributed by atoms with Gasteiger partial charge in [0.25, 0.3) is 0 Å². The molecule has 120 valence electrons. The minimum Gasteiger partial charge on any atom is -0.502 e. The highest BCUT2D eigenvalue weighted by Crippen LogP contribution is 2.32. The Kier molecular flexibility index (Phi) is 5.46. The molecule has 0 heterocycles. The Morgan fingerprint density at radius 3 is 2.26 bits per heavy atom. The van der Waals surface area contributed by atoms with Crippen molar-refractivity contribution < 1.29 is 23.1 Å². The monoisotopic (exact) mass is 432 g/mol. The summed E-state index contributed by atoms with van der Waals surface area (Å²) in [7, 11) is 0. The van der Waals surface area contributed by atoms with Crippen molar-refractivity contribution in [3.8, 4) is 0 Å². The lowest BCUT2D eigenvalue weighted by Crippen LogP contribution is -2.10. The molecule has 2 aromatic carbocycles. The van der Waals surface area contributed by atoms with E-state index < -0.39 is 17.5 Å². The molecule has 0 spiro atoms. The van der Waals surface area contributed by atoms with Gasteiger partial charge in [0, 0.05) is 6.42 Å². The first kappa shape index (κ1) is 17.5. The van der Waals surface area contributed by atoms with Crippen LogP contribution in [0.15, 0.2) is 58.4 Å². The van der Waals surface area contributed by atoms with E-state index in [-0.39, 0.29) is 21.3 Å². The fraction of sp³-hybridized carbons (Fsp3) is 0.118. The second-order valence-electron chi connectivity index (χ2n) is 4.83. The van der Waals surface area contributed by atoms with Gasteiger partial charge in [0.15, 0.2) is 9.55 Å². The predicted octanol–water partition coefficient (Wildman–Crippen LogP) is 5.18. The second kappa shape index (κ2) is 7.16. The van der Waals surface area contributed by atoms with Gasteiger partial charge in [-0.2, -0.15) is 13.2 Å². The minimum absolute atomic E-state index is 0.000515. The first-order valence-electron chi connectivity index (χ1n) is 6.62. The number of alkyl halides is 3. The molecule has 0 bridgehead atoms. The number of carbonyl (C=O) groups excluding carboxylic acids is 1. The maximum atomic E-state index is 12.8. The summed E-state index contributed by atoms with van der Waals surface area (Å²) in [5.41, 5.74) is -0.203. The zero-order valence-electron chi connectivity index (χ0n) is 11.8. The molecule has 2 rings (SSSR count). The summed E-state index contributed by atoms with van der Waals surface area (Å²) in [5.74, 6) is -0.442. The van der Waals surface area contributed by atoms with E-state index in [2.05, 4.69) is 0 Å². The molecule has 0 unspecified atom stereocenters. The lowest BCUT2D eigenvalue weighted by molar-refractivity contribution is -0.137. The molecule has 0 saturated heterocycles. The van der Waals surface area contributed by atoms with Crippen molar-refractivity contribution in [2.24, 2.45) is 0 Å². The normalized spacial score (nSPS) is 12.7. The summed E-state index contributed by atoms with van der Waals surface area (Å²) in [5, 5.41) is 9.77. The van der Waals surface area contributed by atoms with Crippen LogP contribution in [0.4, 0.5) is 13.2 Å². The second-order valence-corrected chi connectivity index (χ2v) is 5.85. The molecule has 23 heavy (non-hydrogen) atoms. The van der Waals surface area contributed by atoms with Gasteiger partial charge >= 0.3 is 6.18 Å². The number of hydrogen-bond acceptors (Lipinski definition) is 2. The third-order valence-electron chi connectivity index (χ3n) is 3.17. The number of aliphatic hydroxyl groups is 1. The van der Waals surface area contributed by atoms with Crippen LogP contribution in [0.3, 0.4) is 0 Å². The fourth-order valence-electron chi connectivity index (χ4n) is 2.12. The Morgan fingerprint density at radius 2 is 1.70 bits per heavy atom. The van der Waals surface area contributed by atoms with Crippen molar-refractivity contribution in [2.45, 2.75) is 12.6 Å². The first-order valence-corrected chi connectivity index (χ1v) is 7.70. The predicted molar refractivity (Wildman–Crippen MR) is 90.2 cm³/mol. The lowest BCUT2D eigenvalue weighted by atomic mass is 9.96. The van der Waals surface area contributed by atoms with E-state index in [4.69, 9.17) is 0 Å².